The third-order valence-electron chi connectivity index (χ3n) is 5.16. The van der Waals surface area contributed by atoms with E-state index >= 15 is 0 Å². The quantitative estimate of drug-likeness (QED) is 0.513. The lowest BCUT2D eigenvalue weighted by Gasteiger charge is -2.31. The number of rotatable bonds is 6. The predicted molar refractivity (Wildman–Crippen MR) is 106 cm³/mol. The van der Waals surface area contributed by atoms with Gasteiger partial charge < -0.3 is 25.0 Å². The van der Waals surface area contributed by atoms with Gasteiger partial charge in [-0.05, 0) is 37.5 Å². The molecule has 1 saturated heterocycles. The van der Waals surface area contributed by atoms with Crippen LogP contribution >= 0.6 is 15.9 Å². The maximum atomic E-state index is 12.7. The van der Waals surface area contributed by atoms with Gasteiger partial charge in [-0.1, -0.05) is 15.9 Å². The number of esters is 1. The number of aliphatic hydroxyl groups is 1. The Kier molecular flexibility index (Phi) is 6.51. The number of piperidine rings is 1. The second kappa shape index (κ2) is 8.86. The zero-order chi connectivity index (χ0) is 19.4. The highest BCUT2D eigenvalue weighted by molar-refractivity contribution is 9.10. The molecular weight excluding hydrogens is 414 g/mol. The third-order valence-corrected chi connectivity index (χ3v) is 5.65. The number of hydrogen-bond donors (Lipinski definition) is 4. The SMILES string of the molecule is COC(=O)c1[nH]c2ccc(Br)cc2c1NC(=O)C[NH+]1CCCC[C@@H]1CCO. The first kappa shape index (κ1) is 19.9. The summed E-state index contributed by atoms with van der Waals surface area (Å²) in [6, 6.07) is 5.86. The normalized spacial score (nSPS) is 19.8. The smallest absolute Gasteiger partial charge is 0.356 e. The van der Waals surface area contributed by atoms with Crippen LogP contribution in [0.2, 0.25) is 0 Å². The van der Waals surface area contributed by atoms with E-state index in [1.165, 1.54) is 12.0 Å². The molecule has 3 rings (SSSR count). The Morgan fingerprint density at radius 1 is 1.41 bits per heavy atom. The lowest BCUT2D eigenvalue weighted by atomic mass is 9.99. The van der Waals surface area contributed by atoms with Crippen LogP contribution in [-0.2, 0) is 9.53 Å². The van der Waals surface area contributed by atoms with Crippen molar-refractivity contribution < 1.29 is 24.3 Å². The van der Waals surface area contributed by atoms with E-state index in [0.29, 0.717) is 24.7 Å². The minimum absolute atomic E-state index is 0.138. The number of quaternary nitrogens is 1. The summed E-state index contributed by atoms with van der Waals surface area (Å²) in [5.41, 5.74) is 1.43. The fourth-order valence-electron chi connectivity index (χ4n) is 3.83. The first-order valence-electron chi connectivity index (χ1n) is 9.18. The summed E-state index contributed by atoms with van der Waals surface area (Å²) in [6.07, 6.45) is 3.95. The lowest BCUT2D eigenvalue weighted by Crippen LogP contribution is -3.17. The highest BCUT2D eigenvalue weighted by Gasteiger charge is 2.28. The molecule has 1 fully saturated rings. The number of amides is 1. The molecule has 1 aliphatic heterocycles. The minimum atomic E-state index is -0.527. The van der Waals surface area contributed by atoms with Crippen LogP contribution in [0.1, 0.15) is 36.2 Å². The molecule has 8 heteroatoms. The highest BCUT2D eigenvalue weighted by Crippen LogP contribution is 2.30. The number of H-pyrrole nitrogens is 1. The van der Waals surface area contributed by atoms with Crippen LogP contribution in [0, 0.1) is 0 Å². The van der Waals surface area contributed by atoms with Crippen LogP contribution in [0.4, 0.5) is 5.69 Å². The molecule has 1 aromatic carbocycles. The molecule has 146 valence electrons. The summed E-state index contributed by atoms with van der Waals surface area (Å²) in [7, 11) is 1.31. The zero-order valence-electron chi connectivity index (χ0n) is 15.3. The fourth-order valence-corrected chi connectivity index (χ4v) is 4.19. The zero-order valence-corrected chi connectivity index (χ0v) is 16.9. The molecule has 7 nitrogen and oxygen atoms in total. The number of benzene rings is 1. The fraction of sp³-hybridized carbons (Fsp3) is 0.474. The van der Waals surface area contributed by atoms with Gasteiger partial charge in [-0.3, -0.25) is 4.79 Å². The van der Waals surface area contributed by atoms with E-state index in [9.17, 15) is 14.7 Å². The van der Waals surface area contributed by atoms with Crippen molar-refractivity contribution in [3.63, 3.8) is 0 Å². The lowest BCUT2D eigenvalue weighted by molar-refractivity contribution is -0.923. The average Bonchev–Trinajstić information content (AvgIpc) is 3.00. The van der Waals surface area contributed by atoms with Gasteiger partial charge in [0.15, 0.2) is 6.54 Å². The van der Waals surface area contributed by atoms with E-state index in [0.717, 1.165) is 41.2 Å². The molecule has 0 radical (unpaired) electrons. The molecule has 2 heterocycles. The molecule has 0 bridgehead atoms. The molecule has 0 spiro atoms. The number of anilines is 1. The number of ether oxygens (including phenoxy) is 1. The van der Waals surface area contributed by atoms with Crippen molar-refractivity contribution in [2.75, 3.05) is 32.1 Å². The topological polar surface area (TPSA) is 95.9 Å². The van der Waals surface area contributed by atoms with Gasteiger partial charge in [-0.15, -0.1) is 0 Å². The van der Waals surface area contributed by atoms with E-state index in [4.69, 9.17) is 4.74 Å². The Morgan fingerprint density at radius 3 is 2.96 bits per heavy atom. The van der Waals surface area contributed by atoms with E-state index < -0.39 is 5.97 Å². The van der Waals surface area contributed by atoms with E-state index in [1.807, 2.05) is 18.2 Å². The number of aromatic amines is 1. The summed E-state index contributed by atoms with van der Waals surface area (Å²) in [6.45, 7) is 1.37. The van der Waals surface area contributed by atoms with Crippen LogP contribution in [0.25, 0.3) is 10.9 Å². The number of aromatic nitrogens is 1. The third kappa shape index (κ3) is 4.51. The molecule has 2 atom stereocenters. The Balaban J connectivity index is 1.83. The number of carbonyl (C=O) groups is 2. The summed E-state index contributed by atoms with van der Waals surface area (Å²) in [5.74, 6) is -0.679. The number of halogens is 1. The molecule has 1 amide bonds. The maximum Gasteiger partial charge on any atom is 0.356 e. The average molecular weight is 439 g/mol. The molecular formula is C19H25BrN3O4+. The van der Waals surface area contributed by atoms with Crippen molar-refractivity contribution in [3.05, 3.63) is 28.4 Å². The van der Waals surface area contributed by atoms with Crippen LogP contribution in [-0.4, -0.2) is 54.8 Å². The van der Waals surface area contributed by atoms with Crippen molar-refractivity contribution in [3.8, 4) is 0 Å². The molecule has 4 N–H and O–H groups in total. The summed E-state index contributed by atoms with van der Waals surface area (Å²) in [5, 5.41) is 12.9. The molecule has 1 aliphatic rings. The first-order chi connectivity index (χ1) is 13.0. The van der Waals surface area contributed by atoms with Gasteiger partial charge >= 0.3 is 5.97 Å². The van der Waals surface area contributed by atoms with Gasteiger partial charge in [0, 0.05) is 28.4 Å². The van der Waals surface area contributed by atoms with E-state index in [2.05, 4.69) is 26.2 Å². The number of nitrogens with one attached hydrogen (secondary N) is 3. The molecule has 27 heavy (non-hydrogen) atoms. The van der Waals surface area contributed by atoms with Gasteiger partial charge in [0.25, 0.3) is 5.91 Å². The first-order valence-corrected chi connectivity index (χ1v) is 9.97. The maximum absolute atomic E-state index is 12.7. The monoisotopic (exact) mass is 438 g/mol. The number of carbonyl (C=O) groups excluding carboxylic acids is 2. The predicted octanol–water partition coefficient (Wildman–Crippen LogP) is 1.48. The van der Waals surface area contributed by atoms with E-state index in [1.54, 1.807) is 0 Å². The van der Waals surface area contributed by atoms with Gasteiger partial charge in [-0.2, -0.15) is 0 Å². The second-order valence-corrected chi connectivity index (χ2v) is 7.81. The summed E-state index contributed by atoms with van der Waals surface area (Å²) in [4.78, 5) is 29.1. The summed E-state index contributed by atoms with van der Waals surface area (Å²) >= 11 is 3.43. The number of hydrogen-bond acceptors (Lipinski definition) is 4. The van der Waals surface area contributed by atoms with Crippen molar-refractivity contribution >= 4 is 44.4 Å². The van der Waals surface area contributed by atoms with Crippen molar-refractivity contribution in [1.29, 1.82) is 0 Å². The van der Waals surface area contributed by atoms with Crippen LogP contribution in [0.15, 0.2) is 22.7 Å². The standard InChI is InChI=1S/C19H24BrN3O4/c1-27-19(26)18-17(14-10-12(20)5-6-15(14)21-18)22-16(25)11-23-8-3-2-4-13(23)7-9-24/h5-6,10,13,21,24H,2-4,7-9,11H2,1H3,(H,22,25)/p+1/t13-/m1/s1. The second-order valence-electron chi connectivity index (χ2n) is 6.89. The Morgan fingerprint density at radius 2 is 2.22 bits per heavy atom. The van der Waals surface area contributed by atoms with Crippen molar-refractivity contribution in [2.45, 2.75) is 31.7 Å². The molecule has 0 aliphatic carbocycles. The molecule has 1 aromatic heterocycles. The van der Waals surface area contributed by atoms with Gasteiger partial charge in [0.2, 0.25) is 0 Å². The number of methoxy groups -OCH3 is 1. The number of fused-ring (bicyclic) bond motifs is 1. The highest BCUT2D eigenvalue weighted by atomic mass is 79.9. The van der Waals surface area contributed by atoms with Gasteiger partial charge in [0.1, 0.15) is 5.69 Å². The minimum Gasteiger partial charge on any atom is -0.464 e. The van der Waals surface area contributed by atoms with E-state index in [-0.39, 0.29) is 18.2 Å². The van der Waals surface area contributed by atoms with Crippen LogP contribution in [0.5, 0.6) is 0 Å². The molecule has 1 unspecified atom stereocenters. The van der Waals surface area contributed by atoms with Crippen LogP contribution < -0.4 is 10.2 Å². The molecule has 0 saturated carbocycles. The van der Waals surface area contributed by atoms with Crippen molar-refractivity contribution in [2.24, 2.45) is 0 Å². The van der Waals surface area contributed by atoms with Crippen molar-refractivity contribution in [1.82, 2.24) is 4.98 Å². The van der Waals surface area contributed by atoms with Gasteiger partial charge in [-0.25, -0.2) is 4.79 Å². The Hall–Kier alpha value is -1.90. The van der Waals surface area contributed by atoms with Gasteiger partial charge in [0.05, 0.1) is 25.4 Å². The Labute approximate surface area is 166 Å². The number of aliphatic hydroxyl groups excluding tert-OH is 1. The number of likely N-dealkylation sites (tertiary alicyclic amines) is 1. The Bertz CT molecular complexity index is 834. The summed E-state index contributed by atoms with van der Waals surface area (Å²) < 4.78 is 5.70. The van der Waals surface area contributed by atoms with Crippen LogP contribution in [0.3, 0.4) is 0 Å². The largest absolute Gasteiger partial charge is 0.464 e. The molecule has 2 aromatic rings.